The lowest BCUT2D eigenvalue weighted by Gasteiger charge is -2.27. The smallest absolute Gasteiger partial charge is 0.220 e. The van der Waals surface area contributed by atoms with Crippen LogP contribution in [0, 0.1) is 0 Å². The van der Waals surface area contributed by atoms with Gasteiger partial charge in [0.15, 0.2) is 0 Å². The number of hydrogen-bond acceptors (Lipinski definition) is 4. The SMILES string of the molecule is O=C(CCc1cccc(OC2CCCC2)c1)NCCN1CCNCC1. The van der Waals surface area contributed by atoms with Crippen molar-refractivity contribution in [2.24, 2.45) is 0 Å². The first-order valence-corrected chi connectivity index (χ1v) is 9.75. The maximum absolute atomic E-state index is 12.0. The Labute approximate surface area is 151 Å². The zero-order valence-corrected chi connectivity index (χ0v) is 15.1. The Bertz CT molecular complexity index is 537. The molecule has 2 aliphatic rings. The van der Waals surface area contributed by atoms with Crippen molar-refractivity contribution < 1.29 is 9.53 Å². The summed E-state index contributed by atoms with van der Waals surface area (Å²) in [6.45, 7) is 5.93. The minimum Gasteiger partial charge on any atom is -0.490 e. The molecule has 0 atom stereocenters. The number of benzene rings is 1. The number of nitrogens with one attached hydrogen (secondary N) is 2. The van der Waals surface area contributed by atoms with Gasteiger partial charge in [-0.3, -0.25) is 9.69 Å². The van der Waals surface area contributed by atoms with Gasteiger partial charge in [-0.2, -0.15) is 0 Å². The van der Waals surface area contributed by atoms with Crippen molar-refractivity contribution in [3.05, 3.63) is 29.8 Å². The third-order valence-electron chi connectivity index (χ3n) is 5.10. The quantitative estimate of drug-likeness (QED) is 0.756. The van der Waals surface area contributed by atoms with E-state index in [0.717, 1.165) is 51.4 Å². The van der Waals surface area contributed by atoms with Gasteiger partial charge in [0.25, 0.3) is 0 Å². The molecule has 0 aromatic heterocycles. The van der Waals surface area contributed by atoms with Gasteiger partial charge < -0.3 is 15.4 Å². The molecule has 0 radical (unpaired) electrons. The minimum absolute atomic E-state index is 0.136. The van der Waals surface area contributed by atoms with Gasteiger partial charge in [-0.25, -0.2) is 0 Å². The van der Waals surface area contributed by atoms with Crippen LogP contribution in [0.5, 0.6) is 5.75 Å². The van der Waals surface area contributed by atoms with E-state index in [4.69, 9.17) is 4.74 Å². The van der Waals surface area contributed by atoms with Crippen molar-refractivity contribution in [2.75, 3.05) is 39.3 Å². The van der Waals surface area contributed by atoms with Crippen molar-refractivity contribution in [3.63, 3.8) is 0 Å². The molecule has 1 aromatic carbocycles. The lowest BCUT2D eigenvalue weighted by Crippen LogP contribution is -2.46. The summed E-state index contributed by atoms with van der Waals surface area (Å²) < 4.78 is 6.04. The van der Waals surface area contributed by atoms with E-state index in [9.17, 15) is 4.79 Å². The van der Waals surface area contributed by atoms with Crippen molar-refractivity contribution in [3.8, 4) is 5.75 Å². The summed E-state index contributed by atoms with van der Waals surface area (Å²) in [5.41, 5.74) is 1.17. The van der Waals surface area contributed by atoms with Crippen LogP contribution in [0.3, 0.4) is 0 Å². The Morgan fingerprint density at radius 2 is 2.04 bits per heavy atom. The number of carbonyl (C=O) groups excluding carboxylic acids is 1. The normalized spacial score (nSPS) is 19.0. The zero-order valence-electron chi connectivity index (χ0n) is 15.1. The Morgan fingerprint density at radius 1 is 1.24 bits per heavy atom. The summed E-state index contributed by atoms with van der Waals surface area (Å²) in [4.78, 5) is 14.4. The molecule has 0 unspecified atom stereocenters. The first-order valence-electron chi connectivity index (χ1n) is 9.75. The fraction of sp³-hybridized carbons (Fsp3) is 0.650. The van der Waals surface area contributed by atoms with Crippen LogP contribution < -0.4 is 15.4 Å². The molecule has 2 fully saturated rings. The molecule has 1 saturated carbocycles. The predicted molar refractivity (Wildman–Crippen MR) is 100.0 cm³/mol. The summed E-state index contributed by atoms with van der Waals surface area (Å²) in [7, 11) is 0. The number of ether oxygens (including phenoxy) is 1. The van der Waals surface area contributed by atoms with E-state index >= 15 is 0 Å². The molecule has 1 aromatic rings. The fourth-order valence-corrected chi connectivity index (χ4v) is 3.61. The monoisotopic (exact) mass is 345 g/mol. The third kappa shape index (κ3) is 6.33. The molecule has 138 valence electrons. The highest BCUT2D eigenvalue weighted by Crippen LogP contribution is 2.24. The maximum atomic E-state index is 12.0. The van der Waals surface area contributed by atoms with Crippen LogP contribution in [0.2, 0.25) is 0 Å². The zero-order chi connectivity index (χ0) is 17.3. The number of rotatable bonds is 8. The molecule has 1 saturated heterocycles. The Balaban J connectivity index is 1.35. The van der Waals surface area contributed by atoms with Crippen molar-refractivity contribution in [1.82, 2.24) is 15.5 Å². The first-order chi connectivity index (χ1) is 12.3. The predicted octanol–water partition coefficient (Wildman–Crippen LogP) is 1.96. The van der Waals surface area contributed by atoms with Crippen molar-refractivity contribution in [2.45, 2.75) is 44.6 Å². The second-order valence-corrected chi connectivity index (χ2v) is 7.11. The first kappa shape index (κ1) is 18.2. The molecule has 5 nitrogen and oxygen atoms in total. The number of carbonyl (C=O) groups is 1. The van der Waals surface area contributed by atoms with Gasteiger partial charge in [0.1, 0.15) is 5.75 Å². The number of amides is 1. The van der Waals surface area contributed by atoms with E-state index in [-0.39, 0.29) is 5.91 Å². The molecular formula is C20H31N3O2. The molecule has 25 heavy (non-hydrogen) atoms. The minimum atomic E-state index is 0.136. The molecule has 2 N–H and O–H groups in total. The van der Waals surface area contributed by atoms with E-state index in [1.54, 1.807) is 0 Å². The van der Waals surface area contributed by atoms with Gasteiger partial charge in [0.05, 0.1) is 6.10 Å². The highest BCUT2D eigenvalue weighted by atomic mass is 16.5. The average Bonchev–Trinajstić information content (AvgIpc) is 3.14. The Hall–Kier alpha value is -1.59. The van der Waals surface area contributed by atoms with Gasteiger partial charge in [-0.15, -0.1) is 0 Å². The molecule has 1 heterocycles. The van der Waals surface area contributed by atoms with Crippen LogP contribution in [-0.4, -0.2) is 56.2 Å². The third-order valence-corrected chi connectivity index (χ3v) is 5.10. The number of piperazine rings is 1. The summed E-state index contributed by atoms with van der Waals surface area (Å²) in [6, 6.07) is 8.22. The number of hydrogen-bond donors (Lipinski definition) is 2. The summed E-state index contributed by atoms with van der Waals surface area (Å²) in [6.07, 6.45) is 6.56. The average molecular weight is 345 g/mol. The van der Waals surface area contributed by atoms with Crippen LogP contribution >= 0.6 is 0 Å². The molecule has 1 aliphatic heterocycles. The van der Waals surface area contributed by atoms with Crippen molar-refractivity contribution >= 4 is 5.91 Å². The van der Waals surface area contributed by atoms with E-state index in [1.807, 2.05) is 12.1 Å². The van der Waals surface area contributed by atoms with Gasteiger partial charge in [0.2, 0.25) is 5.91 Å². The van der Waals surface area contributed by atoms with E-state index in [1.165, 1.54) is 31.2 Å². The fourth-order valence-electron chi connectivity index (χ4n) is 3.61. The Morgan fingerprint density at radius 3 is 2.84 bits per heavy atom. The van der Waals surface area contributed by atoms with Crippen LogP contribution in [0.1, 0.15) is 37.7 Å². The van der Waals surface area contributed by atoms with E-state index in [2.05, 4.69) is 27.7 Å². The maximum Gasteiger partial charge on any atom is 0.220 e. The summed E-state index contributed by atoms with van der Waals surface area (Å²) >= 11 is 0. The Kier molecular flexibility index (Phi) is 7.12. The standard InChI is InChI=1S/C20H31N3O2/c24-20(22-12-15-23-13-10-21-11-14-23)9-8-17-4-3-7-19(16-17)25-18-5-1-2-6-18/h3-4,7,16,18,21H,1-2,5-6,8-15H2,(H,22,24). The van der Waals surface area contributed by atoms with Gasteiger partial charge >= 0.3 is 0 Å². The number of aryl methyl sites for hydroxylation is 1. The summed E-state index contributed by atoms with van der Waals surface area (Å²) in [5.74, 6) is 1.08. The molecule has 0 bridgehead atoms. The van der Waals surface area contributed by atoms with E-state index in [0.29, 0.717) is 12.5 Å². The lowest BCUT2D eigenvalue weighted by molar-refractivity contribution is -0.121. The molecule has 1 aliphatic carbocycles. The molecule has 5 heteroatoms. The second kappa shape index (κ2) is 9.78. The largest absolute Gasteiger partial charge is 0.490 e. The van der Waals surface area contributed by atoms with Crippen LogP contribution in [-0.2, 0) is 11.2 Å². The molecule has 0 spiro atoms. The van der Waals surface area contributed by atoms with Crippen LogP contribution in [0.15, 0.2) is 24.3 Å². The second-order valence-electron chi connectivity index (χ2n) is 7.11. The van der Waals surface area contributed by atoms with Crippen molar-refractivity contribution in [1.29, 1.82) is 0 Å². The molecular weight excluding hydrogens is 314 g/mol. The van der Waals surface area contributed by atoms with Crippen LogP contribution in [0.25, 0.3) is 0 Å². The lowest BCUT2D eigenvalue weighted by atomic mass is 10.1. The van der Waals surface area contributed by atoms with Crippen LogP contribution in [0.4, 0.5) is 0 Å². The molecule has 3 rings (SSSR count). The van der Waals surface area contributed by atoms with Gasteiger partial charge in [-0.05, 0) is 49.8 Å². The highest BCUT2D eigenvalue weighted by molar-refractivity contribution is 5.76. The highest BCUT2D eigenvalue weighted by Gasteiger charge is 2.16. The van der Waals surface area contributed by atoms with Gasteiger partial charge in [0, 0.05) is 45.7 Å². The van der Waals surface area contributed by atoms with E-state index < -0.39 is 0 Å². The molecule has 1 amide bonds. The van der Waals surface area contributed by atoms with Gasteiger partial charge in [-0.1, -0.05) is 12.1 Å². The topological polar surface area (TPSA) is 53.6 Å². The number of nitrogens with zero attached hydrogens (tertiary/aromatic N) is 1. The summed E-state index contributed by atoms with van der Waals surface area (Å²) in [5, 5.41) is 6.38.